The van der Waals surface area contributed by atoms with Crippen LogP contribution in [0.3, 0.4) is 0 Å². The Morgan fingerprint density at radius 2 is 2.00 bits per heavy atom. The summed E-state index contributed by atoms with van der Waals surface area (Å²) >= 11 is 1.50. The highest BCUT2D eigenvalue weighted by Crippen LogP contribution is 2.33. The van der Waals surface area contributed by atoms with Gasteiger partial charge in [0.05, 0.1) is 17.9 Å². The Morgan fingerprint density at radius 3 is 2.81 bits per heavy atom. The van der Waals surface area contributed by atoms with Gasteiger partial charge in [0.2, 0.25) is 5.91 Å². The molecule has 0 spiro atoms. The van der Waals surface area contributed by atoms with Gasteiger partial charge in [0.1, 0.15) is 5.39 Å². The third kappa shape index (κ3) is 3.53. The number of amides is 1. The molecule has 1 aliphatic heterocycles. The van der Waals surface area contributed by atoms with Gasteiger partial charge >= 0.3 is 0 Å². The Kier molecular flexibility index (Phi) is 4.86. The van der Waals surface area contributed by atoms with Gasteiger partial charge in [-0.3, -0.25) is 14.2 Å². The molecule has 0 bridgehead atoms. The molecule has 1 amide bonds. The molecule has 31 heavy (non-hydrogen) atoms. The van der Waals surface area contributed by atoms with E-state index >= 15 is 0 Å². The zero-order chi connectivity index (χ0) is 21.5. The minimum absolute atomic E-state index is 0.112. The molecule has 0 aliphatic carbocycles. The van der Waals surface area contributed by atoms with Crippen LogP contribution in [0.15, 0.2) is 64.7 Å². The highest BCUT2D eigenvalue weighted by Gasteiger charge is 2.29. The number of carbonyl (C=O) groups is 1. The van der Waals surface area contributed by atoms with E-state index in [1.807, 2.05) is 62.4 Å². The number of aromatic nitrogens is 4. The van der Waals surface area contributed by atoms with E-state index in [1.165, 1.54) is 11.8 Å². The van der Waals surface area contributed by atoms with E-state index in [0.29, 0.717) is 21.9 Å². The van der Waals surface area contributed by atoms with Crippen LogP contribution in [0.25, 0.3) is 16.7 Å². The van der Waals surface area contributed by atoms with Crippen molar-refractivity contribution in [2.24, 2.45) is 0 Å². The lowest BCUT2D eigenvalue weighted by Gasteiger charge is -2.14. The van der Waals surface area contributed by atoms with Crippen molar-refractivity contribution in [2.45, 2.75) is 31.5 Å². The summed E-state index contributed by atoms with van der Waals surface area (Å²) in [7, 11) is 0. The number of para-hydroxylation sites is 1. The van der Waals surface area contributed by atoms with E-state index < -0.39 is 0 Å². The Balaban J connectivity index is 1.45. The van der Waals surface area contributed by atoms with Crippen LogP contribution in [0.2, 0.25) is 0 Å². The van der Waals surface area contributed by atoms with E-state index in [2.05, 4.69) is 10.4 Å². The van der Waals surface area contributed by atoms with Crippen molar-refractivity contribution in [1.82, 2.24) is 19.3 Å². The van der Waals surface area contributed by atoms with Crippen LogP contribution in [-0.2, 0) is 4.79 Å². The van der Waals surface area contributed by atoms with Gasteiger partial charge in [-0.2, -0.15) is 5.10 Å². The highest BCUT2D eigenvalue weighted by molar-refractivity contribution is 7.99. The summed E-state index contributed by atoms with van der Waals surface area (Å²) in [6, 6.07) is 15.3. The number of hydrogen-bond donors (Lipinski definition) is 1. The van der Waals surface area contributed by atoms with Crippen molar-refractivity contribution in [3.8, 4) is 5.69 Å². The number of aryl methyl sites for hydroxylation is 2. The molecule has 1 unspecified atom stereocenters. The Labute approximate surface area is 183 Å². The van der Waals surface area contributed by atoms with Crippen molar-refractivity contribution in [3.63, 3.8) is 0 Å². The third-order valence-electron chi connectivity index (χ3n) is 5.46. The first-order valence-corrected chi connectivity index (χ1v) is 11.1. The zero-order valence-corrected chi connectivity index (χ0v) is 18.0. The van der Waals surface area contributed by atoms with Crippen molar-refractivity contribution < 1.29 is 4.79 Å². The normalized spacial score (nSPS) is 15.2. The number of nitrogens with zero attached hydrogens (tertiary/aromatic N) is 4. The first-order chi connectivity index (χ1) is 15.0. The molecule has 5 rings (SSSR count). The number of carbonyl (C=O) groups excluding carboxylic acids is 1. The van der Waals surface area contributed by atoms with Gasteiger partial charge in [-0.1, -0.05) is 42.1 Å². The van der Waals surface area contributed by atoms with Crippen LogP contribution in [0.5, 0.6) is 0 Å². The van der Waals surface area contributed by atoms with Crippen LogP contribution in [0.4, 0.5) is 5.69 Å². The summed E-state index contributed by atoms with van der Waals surface area (Å²) < 4.78 is 3.32. The summed E-state index contributed by atoms with van der Waals surface area (Å²) in [5, 5.41) is 8.45. The molecule has 2 aromatic heterocycles. The maximum atomic E-state index is 13.2. The third-order valence-corrected chi connectivity index (χ3v) is 6.56. The molecule has 0 saturated heterocycles. The molecule has 156 valence electrons. The summed E-state index contributed by atoms with van der Waals surface area (Å²) in [5.41, 5.74) is 4.13. The fourth-order valence-corrected chi connectivity index (χ4v) is 4.96. The highest BCUT2D eigenvalue weighted by atomic mass is 32.2. The smallest absolute Gasteiger partial charge is 0.265 e. The molecule has 1 aliphatic rings. The number of benzene rings is 2. The Morgan fingerprint density at radius 1 is 1.19 bits per heavy atom. The Hall–Kier alpha value is -3.39. The van der Waals surface area contributed by atoms with Crippen molar-refractivity contribution in [3.05, 3.63) is 76.2 Å². The number of fused-ring (bicyclic) bond motifs is 2. The number of nitrogens with one attached hydrogen (secondary N) is 1. The van der Waals surface area contributed by atoms with Crippen LogP contribution >= 0.6 is 11.8 Å². The molecule has 4 aromatic rings. The monoisotopic (exact) mass is 431 g/mol. The SMILES string of the molecule is Cc1ccc(C)c(NC(=O)CC2CSc3nc4c(cnn4-c4ccccc4)c(=O)n32)c1. The van der Waals surface area contributed by atoms with Gasteiger partial charge in [0.25, 0.3) is 5.56 Å². The van der Waals surface area contributed by atoms with Crippen LogP contribution < -0.4 is 10.9 Å². The largest absolute Gasteiger partial charge is 0.326 e. The number of thioether (sulfide) groups is 1. The van der Waals surface area contributed by atoms with E-state index in [1.54, 1.807) is 15.4 Å². The van der Waals surface area contributed by atoms with E-state index in [0.717, 1.165) is 22.5 Å². The second-order valence-electron chi connectivity index (χ2n) is 7.73. The average molecular weight is 432 g/mol. The first kappa shape index (κ1) is 19.6. The Bertz CT molecular complexity index is 1360. The molecule has 8 heteroatoms. The van der Waals surface area contributed by atoms with Crippen molar-refractivity contribution in [2.75, 3.05) is 11.1 Å². The van der Waals surface area contributed by atoms with Crippen molar-refractivity contribution >= 4 is 34.4 Å². The fraction of sp³-hybridized carbons (Fsp3) is 0.217. The average Bonchev–Trinajstić information content (AvgIpc) is 3.36. The minimum atomic E-state index is -0.241. The maximum Gasteiger partial charge on any atom is 0.265 e. The second kappa shape index (κ2) is 7.70. The lowest BCUT2D eigenvalue weighted by molar-refractivity contribution is -0.116. The lowest BCUT2D eigenvalue weighted by Crippen LogP contribution is -2.27. The molecular formula is C23H21N5O2S. The van der Waals surface area contributed by atoms with Crippen LogP contribution in [-0.4, -0.2) is 31.0 Å². The van der Waals surface area contributed by atoms with Crippen LogP contribution in [0, 0.1) is 13.8 Å². The van der Waals surface area contributed by atoms with Gasteiger partial charge in [-0.15, -0.1) is 0 Å². The summed E-state index contributed by atoms with van der Waals surface area (Å²) in [6.07, 6.45) is 1.77. The van der Waals surface area contributed by atoms with Gasteiger partial charge in [-0.05, 0) is 43.2 Å². The van der Waals surface area contributed by atoms with Gasteiger partial charge in [0.15, 0.2) is 10.8 Å². The molecule has 2 aromatic carbocycles. The molecule has 1 N–H and O–H groups in total. The molecule has 0 saturated carbocycles. The predicted molar refractivity (Wildman–Crippen MR) is 122 cm³/mol. The van der Waals surface area contributed by atoms with Gasteiger partial charge < -0.3 is 5.32 Å². The first-order valence-electron chi connectivity index (χ1n) is 10.1. The topological polar surface area (TPSA) is 81.8 Å². The maximum absolute atomic E-state index is 13.2. The van der Waals surface area contributed by atoms with Gasteiger partial charge in [0, 0.05) is 17.9 Å². The van der Waals surface area contributed by atoms with Crippen LogP contribution in [0.1, 0.15) is 23.6 Å². The van der Waals surface area contributed by atoms with E-state index in [4.69, 9.17) is 4.98 Å². The quantitative estimate of drug-likeness (QED) is 0.496. The summed E-state index contributed by atoms with van der Waals surface area (Å²) in [4.78, 5) is 30.7. The van der Waals surface area contributed by atoms with Crippen molar-refractivity contribution in [1.29, 1.82) is 0 Å². The molecule has 3 heterocycles. The molecule has 7 nitrogen and oxygen atoms in total. The standard InChI is InChI=1S/C23H21N5O2S/c1-14-8-9-15(2)19(10-14)25-20(29)11-17-13-31-23-26-21-18(22(30)27(17)23)12-24-28(21)16-6-4-3-5-7-16/h3-10,12,17H,11,13H2,1-2H3,(H,25,29). The molecule has 1 atom stereocenters. The zero-order valence-electron chi connectivity index (χ0n) is 17.2. The molecule has 0 radical (unpaired) electrons. The molecular weight excluding hydrogens is 410 g/mol. The number of anilines is 1. The molecule has 0 fully saturated rings. The number of hydrogen-bond acceptors (Lipinski definition) is 5. The summed E-state index contributed by atoms with van der Waals surface area (Å²) in [6.45, 7) is 3.95. The van der Waals surface area contributed by atoms with E-state index in [9.17, 15) is 9.59 Å². The number of rotatable bonds is 4. The predicted octanol–water partition coefficient (Wildman–Crippen LogP) is 3.87. The lowest BCUT2D eigenvalue weighted by atomic mass is 10.1. The second-order valence-corrected chi connectivity index (χ2v) is 8.72. The van der Waals surface area contributed by atoms with Gasteiger partial charge in [-0.25, -0.2) is 9.67 Å². The fourth-order valence-electron chi connectivity index (χ4n) is 3.82. The van der Waals surface area contributed by atoms with E-state index in [-0.39, 0.29) is 23.9 Å². The minimum Gasteiger partial charge on any atom is -0.326 e. The summed E-state index contributed by atoms with van der Waals surface area (Å²) in [5.74, 6) is 0.521.